The van der Waals surface area contributed by atoms with Gasteiger partial charge in [0.15, 0.2) is 0 Å². The molecule has 1 aromatic heterocycles. The van der Waals surface area contributed by atoms with Crippen LogP contribution in [-0.4, -0.2) is 22.6 Å². The number of nitrogens with zero attached hydrogens (tertiary/aromatic N) is 2. The fourth-order valence-corrected chi connectivity index (χ4v) is 3.03. The van der Waals surface area contributed by atoms with Crippen LogP contribution in [-0.2, 0) is 9.53 Å². The summed E-state index contributed by atoms with van der Waals surface area (Å²) >= 11 is 0. The zero-order valence-corrected chi connectivity index (χ0v) is 16.2. The highest BCUT2D eigenvalue weighted by Crippen LogP contribution is 2.48. The fraction of sp³-hybridized carbons (Fsp3) is 0.421. The van der Waals surface area contributed by atoms with Crippen LogP contribution >= 0.6 is 0 Å². The van der Waals surface area contributed by atoms with Crippen LogP contribution in [0.2, 0.25) is 0 Å². The summed E-state index contributed by atoms with van der Waals surface area (Å²) in [7, 11) is 0. The van der Waals surface area contributed by atoms with E-state index in [0.717, 1.165) is 0 Å². The van der Waals surface area contributed by atoms with Crippen molar-refractivity contribution in [2.24, 2.45) is 11.7 Å². The van der Waals surface area contributed by atoms with Gasteiger partial charge in [-0.2, -0.15) is 0 Å². The van der Waals surface area contributed by atoms with Gasteiger partial charge >= 0.3 is 6.09 Å². The Kier molecular flexibility index (Phi) is 4.47. The Hall–Kier alpha value is -2.87. The highest BCUT2D eigenvalue weighted by atomic mass is 16.6. The first kappa shape index (κ1) is 18.9. The van der Waals surface area contributed by atoms with Gasteiger partial charge in [0, 0.05) is 23.1 Å². The molecule has 144 valence electrons. The van der Waals surface area contributed by atoms with Crippen molar-refractivity contribution in [1.29, 1.82) is 0 Å². The first-order chi connectivity index (χ1) is 12.5. The first-order valence-electron chi connectivity index (χ1n) is 8.81. The summed E-state index contributed by atoms with van der Waals surface area (Å²) in [5.41, 5.74) is 14.3. The van der Waals surface area contributed by atoms with E-state index >= 15 is 0 Å². The van der Waals surface area contributed by atoms with Crippen molar-refractivity contribution in [2.45, 2.75) is 46.4 Å². The monoisotopic (exact) mass is 371 g/mol. The summed E-state index contributed by atoms with van der Waals surface area (Å²) in [5, 5.41) is 3.49. The number of rotatable bonds is 2. The quantitative estimate of drug-likeness (QED) is 0.697. The minimum Gasteiger partial charge on any atom is -0.443 e. The number of carbonyl (C=O) groups excluding carboxylic acids is 2. The van der Waals surface area contributed by atoms with Crippen LogP contribution in [0.25, 0.3) is 10.9 Å². The lowest BCUT2D eigenvalue weighted by Crippen LogP contribution is -2.41. The molecule has 5 N–H and O–H groups in total. The topological polar surface area (TPSA) is 124 Å². The molecule has 1 aromatic carbocycles. The molecule has 0 aliphatic carbocycles. The third kappa shape index (κ3) is 3.28. The molecule has 0 saturated heterocycles. The Labute approximate surface area is 157 Å². The molecule has 3 rings (SSSR count). The largest absolute Gasteiger partial charge is 0.443 e. The zero-order valence-electron chi connectivity index (χ0n) is 16.2. The van der Waals surface area contributed by atoms with Gasteiger partial charge in [0.2, 0.25) is 5.91 Å². The van der Waals surface area contributed by atoms with E-state index in [1.54, 1.807) is 52.9 Å². The van der Waals surface area contributed by atoms with Gasteiger partial charge in [-0.05, 0) is 32.9 Å². The van der Waals surface area contributed by atoms with E-state index in [-0.39, 0.29) is 11.8 Å². The predicted octanol–water partition coefficient (Wildman–Crippen LogP) is 3.12. The SMILES string of the molecule is CC(C)C(=O)Nc1cc(N)c2nccc3c2c1N(C(=O)OC(C)(C)C)C3N. The molecule has 2 aromatic rings. The number of carbonyl (C=O) groups is 2. The van der Waals surface area contributed by atoms with Crippen molar-refractivity contribution in [3.8, 4) is 0 Å². The Morgan fingerprint density at radius 3 is 2.59 bits per heavy atom. The van der Waals surface area contributed by atoms with Crippen molar-refractivity contribution in [2.75, 3.05) is 16.0 Å². The van der Waals surface area contributed by atoms with Gasteiger partial charge in [-0.15, -0.1) is 0 Å². The van der Waals surface area contributed by atoms with Gasteiger partial charge in [-0.1, -0.05) is 13.8 Å². The predicted molar refractivity (Wildman–Crippen MR) is 105 cm³/mol. The van der Waals surface area contributed by atoms with Crippen LogP contribution in [0.15, 0.2) is 18.3 Å². The number of nitrogens with one attached hydrogen (secondary N) is 1. The molecule has 1 atom stereocenters. The molecule has 8 nitrogen and oxygen atoms in total. The summed E-state index contributed by atoms with van der Waals surface area (Å²) in [6.45, 7) is 8.90. The van der Waals surface area contributed by atoms with E-state index in [9.17, 15) is 9.59 Å². The molecule has 1 aliphatic rings. The van der Waals surface area contributed by atoms with E-state index in [0.29, 0.717) is 33.5 Å². The molecule has 8 heteroatoms. The highest BCUT2D eigenvalue weighted by Gasteiger charge is 2.39. The number of aromatic nitrogens is 1. The van der Waals surface area contributed by atoms with Crippen molar-refractivity contribution < 1.29 is 14.3 Å². The van der Waals surface area contributed by atoms with Gasteiger partial charge in [0.05, 0.1) is 22.6 Å². The van der Waals surface area contributed by atoms with Crippen LogP contribution in [0.3, 0.4) is 0 Å². The normalized spacial score (nSPS) is 16.1. The van der Waals surface area contributed by atoms with Crippen molar-refractivity contribution in [3.05, 3.63) is 23.9 Å². The van der Waals surface area contributed by atoms with Gasteiger partial charge < -0.3 is 21.5 Å². The van der Waals surface area contributed by atoms with Crippen molar-refractivity contribution in [1.82, 2.24) is 4.98 Å². The van der Waals surface area contributed by atoms with E-state index in [1.807, 2.05) is 0 Å². The standard InChI is InChI=1S/C19H25N5O3/c1-9(2)17(25)23-12-8-11(20)14-13-10(6-7-22-14)16(21)24(15(12)13)18(26)27-19(3,4)5/h6-9,16H,20-21H2,1-5H3,(H,23,25). The average molecular weight is 371 g/mol. The Bertz CT molecular complexity index is 933. The van der Waals surface area contributed by atoms with E-state index < -0.39 is 17.9 Å². The fourth-order valence-electron chi connectivity index (χ4n) is 3.03. The summed E-state index contributed by atoms with van der Waals surface area (Å²) in [4.78, 5) is 30.9. The summed E-state index contributed by atoms with van der Waals surface area (Å²) in [5.74, 6) is -0.437. The molecule has 1 aliphatic heterocycles. The summed E-state index contributed by atoms with van der Waals surface area (Å²) < 4.78 is 5.53. The second-order valence-corrected chi connectivity index (χ2v) is 7.92. The Morgan fingerprint density at radius 1 is 1.33 bits per heavy atom. The number of benzene rings is 1. The minimum atomic E-state index is -0.767. The third-order valence-electron chi connectivity index (χ3n) is 4.26. The number of anilines is 3. The molecular formula is C19H25N5O3. The first-order valence-corrected chi connectivity index (χ1v) is 8.81. The molecule has 0 radical (unpaired) electrons. The number of amides is 2. The van der Waals surface area contributed by atoms with Crippen LogP contribution in [0.1, 0.15) is 46.3 Å². The Balaban J connectivity index is 2.21. The lowest BCUT2D eigenvalue weighted by molar-refractivity contribution is -0.118. The van der Waals surface area contributed by atoms with Crippen LogP contribution in [0.4, 0.5) is 21.9 Å². The second-order valence-electron chi connectivity index (χ2n) is 7.92. The highest BCUT2D eigenvalue weighted by molar-refractivity contribution is 6.16. The van der Waals surface area contributed by atoms with Crippen molar-refractivity contribution in [3.63, 3.8) is 0 Å². The molecule has 2 amide bonds. The number of nitrogens with two attached hydrogens (primary N) is 2. The second kappa shape index (κ2) is 6.38. The van der Waals surface area contributed by atoms with E-state index in [1.165, 1.54) is 4.90 Å². The van der Waals surface area contributed by atoms with Gasteiger partial charge in [-0.25, -0.2) is 4.79 Å². The molecule has 0 bridgehead atoms. The maximum Gasteiger partial charge on any atom is 0.416 e. The number of nitrogen functional groups attached to an aromatic ring is 1. The molecule has 0 fully saturated rings. The Morgan fingerprint density at radius 2 is 2.00 bits per heavy atom. The molecule has 27 heavy (non-hydrogen) atoms. The smallest absolute Gasteiger partial charge is 0.416 e. The summed E-state index contributed by atoms with van der Waals surface area (Å²) in [6.07, 6.45) is 0.233. The molecular weight excluding hydrogens is 346 g/mol. The van der Waals surface area contributed by atoms with Crippen LogP contribution in [0.5, 0.6) is 0 Å². The van der Waals surface area contributed by atoms with Gasteiger partial charge in [0.1, 0.15) is 11.8 Å². The molecule has 2 heterocycles. The lowest BCUT2D eigenvalue weighted by atomic mass is 10.1. The van der Waals surface area contributed by atoms with Crippen LogP contribution in [0, 0.1) is 5.92 Å². The number of hydrogen-bond acceptors (Lipinski definition) is 6. The zero-order chi connectivity index (χ0) is 20.1. The van der Waals surface area contributed by atoms with E-state index in [2.05, 4.69) is 10.3 Å². The number of ether oxygens (including phenoxy) is 1. The number of hydrogen-bond donors (Lipinski definition) is 3. The van der Waals surface area contributed by atoms with Gasteiger partial charge in [0.25, 0.3) is 0 Å². The maximum atomic E-state index is 12.9. The third-order valence-corrected chi connectivity index (χ3v) is 4.26. The van der Waals surface area contributed by atoms with E-state index in [4.69, 9.17) is 16.2 Å². The number of pyridine rings is 1. The maximum absolute atomic E-state index is 12.9. The molecule has 0 spiro atoms. The van der Waals surface area contributed by atoms with Gasteiger partial charge in [-0.3, -0.25) is 14.7 Å². The molecule has 1 unspecified atom stereocenters. The summed E-state index contributed by atoms with van der Waals surface area (Å²) in [6, 6.07) is 3.35. The minimum absolute atomic E-state index is 0.194. The molecule has 0 saturated carbocycles. The van der Waals surface area contributed by atoms with Crippen molar-refractivity contribution >= 4 is 40.0 Å². The lowest BCUT2D eigenvalue weighted by Gasteiger charge is -2.29. The average Bonchev–Trinajstić information content (AvgIpc) is 2.85. The van der Waals surface area contributed by atoms with Crippen LogP contribution < -0.4 is 21.7 Å².